The second kappa shape index (κ2) is 8.53. The number of nitrogens with one attached hydrogen (secondary N) is 2. The van der Waals surface area contributed by atoms with Crippen LogP contribution in [0, 0.1) is 0 Å². The summed E-state index contributed by atoms with van der Waals surface area (Å²) < 4.78 is 0. The van der Waals surface area contributed by atoms with Crippen molar-refractivity contribution in [2.75, 3.05) is 23.9 Å². The quantitative estimate of drug-likeness (QED) is 0.753. The lowest BCUT2D eigenvalue weighted by Crippen LogP contribution is -2.40. The van der Waals surface area contributed by atoms with E-state index in [9.17, 15) is 4.79 Å². The van der Waals surface area contributed by atoms with Crippen LogP contribution in [0.5, 0.6) is 0 Å². The largest absolute Gasteiger partial charge is 0.396 e. The third-order valence-corrected chi connectivity index (χ3v) is 3.94. The lowest BCUT2D eigenvalue weighted by atomic mass is 10.2. The lowest BCUT2D eigenvalue weighted by molar-refractivity contribution is 0.241. The van der Waals surface area contributed by atoms with Crippen LogP contribution in [0.4, 0.5) is 10.5 Å². The van der Waals surface area contributed by atoms with E-state index in [4.69, 9.17) is 28.3 Å². The third kappa shape index (κ3) is 5.48. The molecule has 7 heteroatoms. The highest BCUT2D eigenvalue weighted by atomic mass is 35.5. The first-order valence-electron chi connectivity index (χ1n) is 5.69. The van der Waals surface area contributed by atoms with Crippen molar-refractivity contribution in [3.05, 3.63) is 28.2 Å². The molecular formula is C12H16Cl2N2O2S. The molecule has 1 unspecified atom stereocenters. The molecule has 0 aromatic heterocycles. The summed E-state index contributed by atoms with van der Waals surface area (Å²) in [5.74, 6) is 0.733. The zero-order valence-electron chi connectivity index (χ0n) is 10.5. The van der Waals surface area contributed by atoms with E-state index in [1.165, 1.54) is 0 Å². The van der Waals surface area contributed by atoms with Crippen molar-refractivity contribution in [1.82, 2.24) is 5.32 Å². The van der Waals surface area contributed by atoms with Crippen molar-refractivity contribution >= 4 is 46.7 Å². The fourth-order valence-corrected chi connectivity index (χ4v) is 2.50. The molecule has 0 saturated carbocycles. The number of aliphatic hydroxyl groups excluding tert-OH is 1. The summed E-state index contributed by atoms with van der Waals surface area (Å²) in [5, 5.41) is 15.0. The third-order valence-electron chi connectivity index (χ3n) is 2.38. The zero-order valence-corrected chi connectivity index (χ0v) is 12.8. The molecule has 0 aliphatic rings. The van der Waals surface area contributed by atoms with Gasteiger partial charge < -0.3 is 15.7 Å². The number of carbonyl (C=O) groups is 1. The maximum absolute atomic E-state index is 11.8. The number of amides is 2. The highest BCUT2D eigenvalue weighted by molar-refractivity contribution is 7.98. The van der Waals surface area contributed by atoms with Crippen molar-refractivity contribution in [3.8, 4) is 0 Å². The number of thioether (sulfide) groups is 1. The molecule has 0 aliphatic carbocycles. The van der Waals surface area contributed by atoms with Gasteiger partial charge in [0.1, 0.15) is 0 Å². The van der Waals surface area contributed by atoms with Crippen molar-refractivity contribution in [1.29, 1.82) is 0 Å². The number of anilines is 1. The number of hydrogen-bond donors (Lipinski definition) is 3. The van der Waals surface area contributed by atoms with E-state index < -0.39 is 0 Å². The van der Waals surface area contributed by atoms with E-state index >= 15 is 0 Å². The van der Waals surface area contributed by atoms with Crippen LogP contribution in [-0.4, -0.2) is 35.8 Å². The minimum Gasteiger partial charge on any atom is -0.396 e. The number of benzene rings is 1. The number of urea groups is 1. The van der Waals surface area contributed by atoms with E-state index in [0.29, 0.717) is 22.2 Å². The monoisotopic (exact) mass is 322 g/mol. The molecule has 0 spiro atoms. The van der Waals surface area contributed by atoms with E-state index in [1.54, 1.807) is 30.0 Å². The Kier molecular flexibility index (Phi) is 7.38. The Morgan fingerprint density at radius 2 is 2.21 bits per heavy atom. The molecule has 106 valence electrons. The van der Waals surface area contributed by atoms with Crippen LogP contribution in [0.15, 0.2) is 18.2 Å². The summed E-state index contributed by atoms with van der Waals surface area (Å²) >= 11 is 13.4. The van der Waals surface area contributed by atoms with Crippen LogP contribution in [0.1, 0.15) is 6.42 Å². The van der Waals surface area contributed by atoms with Gasteiger partial charge in [0.2, 0.25) is 0 Å². The van der Waals surface area contributed by atoms with Gasteiger partial charge in [0.05, 0.1) is 15.7 Å². The second-order valence-corrected chi connectivity index (χ2v) is 5.56. The molecule has 1 rings (SSSR count). The average molecular weight is 323 g/mol. The minimum atomic E-state index is -0.364. The maximum Gasteiger partial charge on any atom is 0.319 e. The van der Waals surface area contributed by atoms with Crippen molar-refractivity contribution in [2.45, 2.75) is 12.5 Å². The molecule has 1 atom stereocenters. The summed E-state index contributed by atoms with van der Waals surface area (Å²) in [7, 11) is 0. The maximum atomic E-state index is 11.8. The van der Waals surface area contributed by atoms with Crippen LogP contribution in [0.3, 0.4) is 0 Å². The summed E-state index contributed by atoms with van der Waals surface area (Å²) in [5.41, 5.74) is 0.457. The Morgan fingerprint density at radius 1 is 1.47 bits per heavy atom. The number of rotatable bonds is 6. The normalized spacial score (nSPS) is 12.0. The molecule has 0 radical (unpaired) electrons. The number of hydrogen-bond acceptors (Lipinski definition) is 3. The van der Waals surface area contributed by atoms with Crippen molar-refractivity contribution in [3.63, 3.8) is 0 Å². The Hall–Kier alpha value is -0.620. The van der Waals surface area contributed by atoms with E-state index in [2.05, 4.69) is 10.6 Å². The molecule has 4 nitrogen and oxygen atoms in total. The molecule has 0 aliphatic heterocycles. The van der Waals surface area contributed by atoms with Gasteiger partial charge in [-0.2, -0.15) is 11.8 Å². The van der Waals surface area contributed by atoms with Crippen LogP contribution in [0.2, 0.25) is 10.0 Å². The highest BCUT2D eigenvalue weighted by Crippen LogP contribution is 2.29. The van der Waals surface area contributed by atoms with Crippen molar-refractivity contribution in [2.24, 2.45) is 0 Å². The Balaban J connectivity index is 2.61. The smallest absolute Gasteiger partial charge is 0.319 e. The second-order valence-electron chi connectivity index (χ2n) is 3.86. The summed E-state index contributed by atoms with van der Waals surface area (Å²) in [6, 6.07) is 4.57. The molecule has 1 aromatic carbocycles. The Morgan fingerprint density at radius 3 is 2.84 bits per heavy atom. The first-order valence-corrected chi connectivity index (χ1v) is 7.84. The predicted octanol–water partition coefficient (Wildman–Crippen LogP) is 3.23. The summed E-state index contributed by atoms with van der Waals surface area (Å²) in [4.78, 5) is 11.8. The average Bonchev–Trinajstić information content (AvgIpc) is 2.35. The van der Waals surface area contributed by atoms with Gasteiger partial charge in [0.25, 0.3) is 0 Å². The summed E-state index contributed by atoms with van der Waals surface area (Å²) in [6.45, 7) is 0.0312. The van der Waals surface area contributed by atoms with Gasteiger partial charge >= 0.3 is 6.03 Å². The SMILES string of the molecule is CSCC(CCO)NC(=O)Nc1cccc(Cl)c1Cl. The standard InChI is InChI=1S/C12H16Cl2N2O2S/c1-19-7-8(5-6-17)15-12(18)16-10-4-2-3-9(13)11(10)14/h2-4,8,17H,5-7H2,1H3,(H2,15,16,18). The van der Waals surface area contributed by atoms with E-state index in [1.807, 2.05) is 6.26 Å². The predicted molar refractivity (Wildman–Crippen MR) is 82.5 cm³/mol. The highest BCUT2D eigenvalue weighted by Gasteiger charge is 2.13. The molecule has 0 bridgehead atoms. The van der Waals surface area contributed by atoms with E-state index in [0.717, 1.165) is 5.75 Å². The van der Waals surface area contributed by atoms with Gasteiger partial charge in [-0.15, -0.1) is 0 Å². The molecular weight excluding hydrogens is 307 g/mol. The molecule has 0 fully saturated rings. The molecule has 0 saturated heterocycles. The Labute approximate surface area is 126 Å². The first-order chi connectivity index (χ1) is 9.08. The van der Waals surface area contributed by atoms with Gasteiger partial charge in [-0.25, -0.2) is 4.79 Å². The number of halogens is 2. The minimum absolute atomic E-state index is 0.0312. The molecule has 3 N–H and O–H groups in total. The van der Waals surface area contributed by atoms with Crippen molar-refractivity contribution < 1.29 is 9.90 Å². The van der Waals surface area contributed by atoms with Gasteiger partial charge in [0, 0.05) is 18.4 Å². The Bertz CT molecular complexity index is 426. The van der Waals surface area contributed by atoms with Crippen LogP contribution in [-0.2, 0) is 0 Å². The van der Waals surface area contributed by atoms with Crippen LogP contribution < -0.4 is 10.6 Å². The topological polar surface area (TPSA) is 61.4 Å². The molecule has 1 aromatic rings. The fraction of sp³-hybridized carbons (Fsp3) is 0.417. The zero-order chi connectivity index (χ0) is 14.3. The van der Waals surface area contributed by atoms with Crippen LogP contribution in [0.25, 0.3) is 0 Å². The van der Waals surface area contributed by atoms with Crippen LogP contribution >= 0.6 is 35.0 Å². The molecule has 19 heavy (non-hydrogen) atoms. The first kappa shape index (κ1) is 16.4. The molecule has 2 amide bonds. The summed E-state index contributed by atoms with van der Waals surface area (Å²) in [6.07, 6.45) is 2.45. The van der Waals surface area contributed by atoms with E-state index in [-0.39, 0.29) is 18.7 Å². The van der Waals surface area contributed by atoms with Gasteiger partial charge in [0.15, 0.2) is 0 Å². The van der Waals surface area contributed by atoms with Gasteiger partial charge in [-0.1, -0.05) is 29.3 Å². The number of aliphatic hydroxyl groups is 1. The van der Waals surface area contributed by atoms with Gasteiger partial charge in [-0.05, 0) is 24.8 Å². The number of carbonyl (C=O) groups excluding carboxylic acids is 1. The van der Waals surface area contributed by atoms with Gasteiger partial charge in [-0.3, -0.25) is 0 Å². The lowest BCUT2D eigenvalue weighted by Gasteiger charge is -2.17. The molecule has 0 heterocycles. The fourth-order valence-electron chi connectivity index (χ4n) is 1.50.